The van der Waals surface area contributed by atoms with Gasteiger partial charge in [0.25, 0.3) is 11.8 Å². The average Bonchev–Trinajstić information content (AvgIpc) is 3.50. The molecule has 0 spiro atoms. The third kappa shape index (κ3) is 4.70. The molecule has 2 aliphatic rings. The van der Waals surface area contributed by atoms with E-state index in [-0.39, 0.29) is 28.5 Å². The minimum atomic E-state index is -3.73. The third-order valence-corrected chi connectivity index (χ3v) is 8.96. The van der Waals surface area contributed by atoms with Gasteiger partial charge >= 0.3 is 0 Å². The summed E-state index contributed by atoms with van der Waals surface area (Å²) >= 11 is 6.18. The highest BCUT2D eigenvalue weighted by Gasteiger charge is 2.30. The number of aromatic nitrogens is 1. The molecule has 10 heteroatoms. The van der Waals surface area contributed by atoms with E-state index in [0.29, 0.717) is 57.5 Å². The van der Waals surface area contributed by atoms with Crippen LogP contribution in [0.2, 0.25) is 5.02 Å². The van der Waals surface area contributed by atoms with Crippen LogP contribution in [0.15, 0.2) is 47.4 Å². The number of rotatable bonds is 5. The normalized spacial score (nSPS) is 18.4. The molecule has 192 valence electrons. The molecule has 0 bridgehead atoms. The Kier molecular flexibility index (Phi) is 6.47. The number of nitrogens with one attached hydrogen (secondary N) is 2. The summed E-state index contributed by atoms with van der Waals surface area (Å²) in [6.07, 6.45) is 2.43. The van der Waals surface area contributed by atoms with Crippen molar-refractivity contribution in [3.05, 3.63) is 81.1 Å². The average molecular weight is 539 g/mol. The van der Waals surface area contributed by atoms with Crippen LogP contribution in [-0.2, 0) is 20.4 Å². The number of sulfone groups is 1. The van der Waals surface area contributed by atoms with E-state index < -0.39 is 9.84 Å². The van der Waals surface area contributed by atoms with Crippen molar-refractivity contribution in [1.82, 2.24) is 9.88 Å². The Morgan fingerprint density at radius 3 is 2.68 bits per heavy atom. The highest BCUT2D eigenvalue weighted by atomic mass is 35.5. The molecule has 5 rings (SSSR count). The summed E-state index contributed by atoms with van der Waals surface area (Å²) in [7, 11) is -3.73. The first-order valence-electron chi connectivity index (χ1n) is 11.9. The zero-order chi connectivity index (χ0) is 26.5. The summed E-state index contributed by atoms with van der Waals surface area (Å²) in [5, 5.41) is 3.17. The Balaban J connectivity index is 1.50. The number of hydrogen-bond acceptors (Lipinski definition) is 5. The summed E-state index contributed by atoms with van der Waals surface area (Å²) in [5.74, 6) is -0.694. The number of aryl methyl sites for hydroxylation is 1. The second-order valence-corrected chi connectivity index (χ2v) is 11.9. The maximum Gasteiger partial charge on any atom is 0.256 e. The van der Waals surface area contributed by atoms with Gasteiger partial charge in [0, 0.05) is 46.8 Å². The first-order valence-corrected chi connectivity index (χ1v) is 14.0. The first kappa shape index (κ1) is 25.3. The fraction of sp³-hybridized carbons (Fsp3) is 0.259. The van der Waals surface area contributed by atoms with E-state index in [4.69, 9.17) is 17.3 Å². The van der Waals surface area contributed by atoms with Crippen molar-refractivity contribution in [1.29, 1.82) is 0 Å². The van der Waals surface area contributed by atoms with Crippen LogP contribution in [0, 0.1) is 13.8 Å². The van der Waals surface area contributed by atoms with Gasteiger partial charge in [0.2, 0.25) is 0 Å². The van der Waals surface area contributed by atoms with E-state index in [1.807, 2.05) is 13.8 Å². The van der Waals surface area contributed by atoms with Crippen molar-refractivity contribution in [2.45, 2.75) is 37.0 Å². The number of H-pyrrole nitrogens is 1. The molecule has 1 saturated heterocycles. The molecule has 3 heterocycles. The molecule has 37 heavy (non-hydrogen) atoms. The molecular formula is C27H27ClN4O4S. The Morgan fingerprint density at radius 1 is 1.22 bits per heavy atom. The monoisotopic (exact) mass is 538 g/mol. The van der Waals surface area contributed by atoms with E-state index in [9.17, 15) is 18.0 Å². The maximum atomic E-state index is 13.2. The number of amides is 2. The molecule has 2 amide bonds. The summed E-state index contributed by atoms with van der Waals surface area (Å²) in [5.41, 5.74) is 10.4. The number of nitrogens with two attached hydrogens (primary N) is 1. The molecule has 0 aliphatic carbocycles. The number of benzene rings is 2. The van der Waals surface area contributed by atoms with Crippen LogP contribution in [0.5, 0.6) is 0 Å². The summed E-state index contributed by atoms with van der Waals surface area (Å²) < 4.78 is 26.4. The third-order valence-electron chi connectivity index (χ3n) is 6.93. The standard InChI is InChI=1S/C27H27ClN4O4S/c1-15-24(30-16(2)25(15)27(34)32-10-9-18(29)13-32)12-21-20-11-19(7-8-23(20)31-26(21)33)37(35,36)14-17-5-3-4-6-22(17)28/h3-8,11-12,18,30H,9-10,13-14,29H2,1-2H3,(H,31,33)/b21-12-/t18-/m0/s1. The lowest BCUT2D eigenvalue weighted by Crippen LogP contribution is -2.32. The van der Waals surface area contributed by atoms with Gasteiger partial charge in [-0.2, -0.15) is 0 Å². The zero-order valence-electron chi connectivity index (χ0n) is 20.5. The molecular weight excluding hydrogens is 512 g/mol. The number of halogens is 1. The van der Waals surface area contributed by atoms with Gasteiger partial charge in [-0.25, -0.2) is 8.42 Å². The lowest BCUT2D eigenvalue weighted by Gasteiger charge is -2.16. The van der Waals surface area contributed by atoms with Gasteiger partial charge in [-0.15, -0.1) is 0 Å². The molecule has 1 atom stereocenters. The maximum absolute atomic E-state index is 13.2. The van der Waals surface area contributed by atoms with Gasteiger partial charge in [0.05, 0.1) is 21.8 Å². The van der Waals surface area contributed by atoms with Gasteiger partial charge in [-0.1, -0.05) is 29.8 Å². The molecule has 3 aromatic rings. The van der Waals surface area contributed by atoms with Gasteiger partial charge < -0.3 is 20.9 Å². The number of fused-ring (bicyclic) bond motifs is 1. The van der Waals surface area contributed by atoms with E-state index in [1.165, 1.54) is 12.1 Å². The van der Waals surface area contributed by atoms with E-state index in [1.54, 1.807) is 41.3 Å². The van der Waals surface area contributed by atoms with Crippen LogP contribution in [0.3, 0.4) is 0 Å². The van der Waals surface area contributed by atoms with Gasteiger partial charge in [0.15, 0.2) is 9.84 Å². The fourth-order valence-electron chi connectivity index (χ4n) is 4.92. The second kappa shape index (κ2) is 9.48. The topological polar surface area (TPSA) is 125 Å². The minimum absolute atomic E-state index is 0.0211. The highest BCUT2D eigenvalue weighted by Crippen LogP contribution is 2.36. The van der Waals surface area contributed by atoms with Crippen LogP contribution in [-0.4, -0.2) is 49.2 Å². The molecule has 0 radical (unpaired) electrons. The van der Waals surface area contributed by atoms with Crippen molar-refractivity contribution in [2.75, 3.05) is 18.4 Å². The summed E-state index contributed by atoms with van der Waals surface area (Å²) in [6.45, 7) is 4.78. The lowest BCUT2D eigenvalue weighted by molar-refractivity contribution is -0.110. The quantitative estimate of drug-likeness (QED) is 0.424. The van der Waals surface area contributed by atoms with Crippen LogP contribution in [0.4, 0.5) is 5.69 Å². The fourth-order valence-corrected chi connectivity index (χ4v) is 6.60. The number of aromatic amines is 1. The van der Waals surface area contributed by atoms with E-state index >= 15 is 0 Å². The Bertz CT molecular complexity index is 1570. The smallest absolute Gasteiger partial charge is 0.256 e. The SMILES string of the molecule is Cc1[nH]c(/C=C2\C(=O)Nc3ccc(S(=O)(=O)Cc4ccccc4Cl)cc32)c(C)c1C(=O)N1CC[C@H](N)C1. The van der Waals surface area contributed by atoms with Gasteiger partial charge in [-0.05, 0) is 61.7 Å². The molecule has 1 aromatic heterocycles. The van der Waals surface area contributed by atoms with E-state index in [2.05, 4.69) is 10.3 Å². The van der Waals surface area contributed by atoms with Crippen LogP contribution < -0.4 is 11.1 Å². The number of carbonyl (C=O) groups excluding carboxylic acids is 2. The van der Waals surface area contributed by atoms with Gasteiger partial charge in [-0.3, -0.25) is 9.59 Å². The van der Waals surface area contributed by atoms with Crippen molar-refractivity contribution >= 4 is 50.6 Å². The number of nitrogens with zero attached hydrogens (tertiary/aromatic N) is 1. The molecule has 2 aliphatic heterocycles. The van der Waals surface area contributed by atoms with Crippen molar-refractivity contribution in [3.8, 4) is 0 Å². The predicted molar refractivity (Wildman–Crippen MR) is 144 cm³/mol. The molecule has 2 aromatic carbocycles. The number of anilines is 1. The summed E-state index contributed by atoms with van der Waals surface area (Å²) in [4.78, 5) is 31.1. The molecule has 1 fully saturated rings. The van der Waals surface area contributed by atoms with Crippen molar-refractivity contribution in [2.24, 2.45) is 5.73 Å². The minimum Gasteiger partial charge on any atom is -0.358 e. The molecule has 0 saturated carbocycles. The highest BCUT2D eigenvalue weighted by molar-refractivity contribution is 7.90. The number of carbonyl (C=O) groups is 2. The largest absolute Gasteiger partial charge is 0.358 e. The first-order chi connectivity index (χ1) is 17.5. The molecule has 8 nitrogen and oxygen atoms in total. The Hall–Kier alpha value is -3.40. The van der Waals surface area contributed by atoms with E-state index in [0.717, 1.165) is 12.0 Å². The summed E-state index contributed by atoms with van der Waals surface area (Å²) in [6, 6.07) is 11.4. The van der Waals surface area contributed by atoms with Crippen LogP contribution >= 0.6 is 11.6 Å². The number of likely N-dealkylation sites (tertiary alicyclic amines) is 1. The Morgan fingerprint density at radius 2 is 1.97 bits per heavy atom. The predicted octanol–water partition coefficient (Wildman–Crippen LogP) is 3.92. The number of hydrogen-bond donors (Lipinski definition) is 3. The molecule has 0 unspecified atom stereocenters. The van der Waals surface area contributed by atoms with Crippen LogP contribution in [0.25, 0.3) is 11.6 Å². The molecule has 4 N–H and O–H groups in total. The van der Waals surface area contributed by atoms with Crippen molar-refractivity contribution < 1.29 is 18.0 Å². The second-order valence-electron chi connectivity index (χ2n) is 9.53. The lowest BCUT2D eigenvalue weighted by atomic mass is 10.0. The zero-order valence-corrected chi connectivity index (χ0v) is 22.0. The van der Waals surface area contributed by atoms with Crippen molar-refractivity contribution in [3.63, 3.8) is 0 Å². The van der Waals surface area contributed by atoms with Gasteiger partial charge in [0.1, 0.15) is 0 Å². The van der Waals surface area contributed by atoms with Crippen LogP contribution in [0.1, 0.15) is 44.9 Å². The Labute approximate surface area is 220 Å².